The number of amides is 1. The van der Waals surface area contributed by atoms with E-state index in [1.54, 1.807) is 25.1 Å². The zero-order valence-corrected chi connectivity index (χ0v) is 15.9. The number of nitrogens with one attached hydrogen (secondary N) is 1. The van der Waals surface area contributed by atoms with Gasteiger partial charge in [0.1, 0.15) is 17.7 Å². The molecule has 8 heteroatoms. The minimum atomic E-state index is -1.27. The summed E-state index contributed by atoms with van der Waals surface area (Å²) in [5.74, 6) is -1.53. The van der Waals surface area contributed by atoms with E-state index >= 15 is 0 Å². The van der Waals surface area contributed by atoms with Crippen molar-refractivity contribution < 1.29 is 23.0 Å². The van der Waals surface area contributed by atoms with E-state index in [0.717, 1.165) is 12.1 Å². The van der Waals surface area contributed by atoms with Gasteiger partial charge in [-0.15, -0.1) is 0 Å². The van der Waals surface area contributed by atoms with Crippen molar-refractivity contribution in [1.29, 1.82) is 5.26 Å². The third-order valence-corrected chi connectivity index (χ3v) is 3.93. The molecule has 5 nitrogen and oxygen atoms in total. The minimum Gasteiger partial charge on any atom is -0.491 e. The largest absolute Gasteiger partial charge is 0.491 e. The van der Waals surface area contributed by atoms with E-state index in [1.807, 2.05) is 0 Å². The van der Waals surface area contributed by atoms with Crippen LogP contribution in [0.2, 0.25) is 5.02 Å². The SMILES string of the molecule is CCOc1cc(/C=C/C(=O)NC(C#N)c2ccc(F)cc2F)cc(Cl)c1OC. The maximum Gasteiger partial charge on any atom is 0.245 e. The first-order chi connectivity index (χ1) is 13.4. The van der Waals surface area contributed by atoms with Gasteiger partial charge >= 0.3 is 0 Å². The van der Waals surface area contributed by atoms with E-state index in [9.17, 15) is 18.8 Å². The van der Waals surface area contributed by atoms with Crippen molar-refractivity contribution in [1.82, 2.24) is 5.32 Å². The number of carbonyl (C=O) groups is 1. The van der Waals surface area contributed by atoms with Crippen molar-refractivity contribution in [3.05, 3.63) is 64.2 Å². The van der Waals surface area contributed by atoms with Crippen LogP contribution in [0.15, 0.2) is 36.4 Å². The second-order valence-electron chi connectivity index (χ2n) is 5.54. The zero-order valence-electron chi connectivity index (χ0n) is 15.1. The molecule has 2 rings (SSSR count). The fraction of sp³-hybridized carbons (Fsp3) is 0.200. The second kappa shape index (κ2) is 9.72. The molecule has 0 heterocycles. The molecule has 0 aliphatic heterocycles. The van der Waals surface area contributed by atoms with Crippen molar-refractivity contribution >= 4 is 23.6 Å². The first-order valence-corrected chi connectivity index (χ1v) is 8.60. The van der Waals surface area contributed by atoms with Gasteiger partial charge in [-0.2, -0.15) is 5.26 Å². The van der Waals surface area contributed by atoms with Crippen molar-refractivity contribution in [2.45, 2.75) is 13.0 Å². The third-order valence-electron chi connectivity index (χ3n) is 3.65. The number of benzene rings is 2. The Bertz CT molecular complexity index is 942. The highest BCUT2D eigenvalue weighted by molar-refractivity contribution is 6.32. The highest BCUT2D eigenvalue weighted by Gasteiger charge is 2.17. The Balaban J connectivity index is 2.17. The maximum atomic E-state index is 13.8. The van der Waals surface area contributed by atoms with Crippen molar-refractivity contribution in [2.24, 2.45) is 0 Å². The summed E-state index contributed by atoms with van der Waals surface area (Å²) >= 11 is 6.15. The van der Waals surface area contributed by atoms with E-state index in [0.29, 0.717) is 34.8 Å². The molecule has 2 aromatic carbocycles. The molecule has 1 atom stereocenters. The van der Waals surface area contributed by atoms with E-state index in [1.165, 1.54) is 19.3 Å². The lowest BCUT2D eigenvalue weighted by atomic mass is 10.1. The van der Waals surface area contributed by atoms with Crippen molar-refractivity contribution in [3.8, 4) is 17.6 Å². The van der Waals surface area contributed by atoms with Gasteiger partial charge in [-0.25, -0.2) is 8.78 Å². The van der Waals surface area contributed by atoms with Gasteiger partial charge in [0.05, 0.1) is 24.8 Å². The van der Waals surface area contributed by atoms with Crippen LogP contribution in [-0.2, 0) is 4.79 Å². The highest BCUT2D eigenvalue weighted by Crippen LogP contribution is 2.36. The van der Waals surface area contributed by atoms with Gasteiger partial charge in [0, 0.05) is 17.7 Å². The molecule has 2 aromatic rings. The summed E-state index contributed by atoms with van der Waals surface area (Å²) in [7, 11) is 1.46. The number of ether oxygens (including phenoxy) is 2. The first-order valence-electron chi connectivity index (χ1n) is 8.23. The van der Waals surface area contributed by atoms with E-state index in [2.05, 4.69) is 5.32 Å². The molecular weight excluding hydrogens is 390 g/mol. The summed E-state index contributed by atoms with van der Waals surface area (Å²) in [5, 5.41) is 11.9. The van der Waals surface area contributed by atoms with Crippen molar-refractivity contribution in [3.63, 3.8) is 0 Å². The Hall–Kier alpha value is -3.11. The van der Waals surface area contributed by atoms with Crippen LogP contribution in [0, 0.1) is 23.0 Å². The summed E-state index contributed by atoms with van der Waals surface area (Å²) in [4.78, 5) is 12.1. The zero-order chi connectivity index (χ0) is 20.7. The highest BCUT2D eigenvalue weighted by atomic mass is 35.5. The molecule has 146 valence electrons. The van der Waals surface area contributed by atoms with Crippen LogP contribution in [0.3, 0.4) is 0 Å². The third kappa shape index (κ3) is 5.21. The van der Waals surface area contributed by atoms with Gasteiger partial charge < -0.3 is 14.8 Å². The van der Waals surface area contributed by atoms with E-state index in [-0.39, 0.29) is 5.56 Å². The molecule has 0 aliphatic rings. The molecule has 0 aromatic heterocycles. The summed E-state index contributed by atoms with van der Waals surface area (Å²) < 4.78 is 37.5. The molecule has 28 heavy (non-hydrogen) atoms. The Morgan fingerprint density at radius 1 is 1.36 bits per heavy atom. The van der Waals surface area contributed by atoms with Gasteiger partial charge in [-0.1, -0.05) is 17.7 Å². The lowest BCUT2D eigenvalue weighted by Gasteiger charge is -2.12. The standard InChI is InChI=1S/C20H17ClF2N2O3/c1-3-28-18-9-12(8-15(21)20(18)27-2)4-7-19(26)25-17(11-24)14-6-5-13(22)10-16(14)23/h4-10,17H,3H2,1-2H3,(H,25,26)/b7-4+. The average molecular weight is 407 g/mol. The predicted octanol–water partition coefficient (Wildman–Crippen LogP) is 4.42. The van der Waals surface area contributed by atoms with Crippen LogP contribution >= 0.6 is 11.6 Å². The molecule has 0 saturated carbocycles. The normalized spacial score (nSPS) is 11.7. The number of methoxy groups -OCH3 is 1. The smallest absolute Gasteiger partial charge is 0.245 e. The van der Waals surface area contributed by atoms with Gasteiger partial charge in [0.15, 0.2) is 11.5 Å². The Morgan fingerprint density at radius 3 is 2.71 bits per heavy atom. The van der Waals surface area contributed by atoms with E-state index < -0.39 is 23.6 Å². The lowest BCUT2D eigenvalue weighted by Crippen LogP contribution is -2.26. The quantitative estimate of drug-likeness (QED) is 0.691. The van der Waals surface area contributed by atoms with Gasteiger partial charge in [0.2, 0.25) is 5.91 Å². The average Bonchev–Trinajstić information content (AvgIpc) is 2.65. The number of halogens is 3. The van der Waals surface area contributed by atoms with Crippen molar-refractivity contribution in [2.75, 3.05) is 13.7 Å². The Kier molecular flexibility index (Phi) is 7.36. The van der Waals surface area contributed by atoms with Crippen LogP contribution in [0.5, 0.6) is 11.5 Å². The summed E-state index contributed by atoms with van der Waals surface area (Å²) in [5.41, 5.74) is 0.433. The summed E-state index contributed by atoms with van der Waals surface area (Å²) in [6.07, 6.45) is 2.62. The first kappa shape index (κ1) is 21.2. The number of nitrogens with zero attached hydrogens (tertiary/aromatic N) is 1. The molecule has 0 radical (unpaired) electrons. The predicted molar refractivity (Wildman–Crippen MR) is 101 cm³/mol. The fourth-order valence-corrected chi connectivity index (χ4v) is 2.72. The Morgan fingerprint density at radius 2 is 2.11 bits per heavy atom. The number of carbonyl (C=O) groups excluding carboxylic acids is 1. The second-order valence-corrected chi connectivity index (χ2v) is 5.94. The molecule has 1 N–H and O–H groups in total. The summed E-state index contributed by atoms with van der Waals surface area (Å²) in [6, 6.07) is 6.49. The van der Waals surface area contributed by atoms with Gasteiger partial charge in [-0.3, -0.25) is 4.79 Å². The molecular formula is C20H17ClF2N2O3. The van der Waals surface area contributed by atoms with Crippen LogP contribution in [0.1, 0.15) is 24.1 Å². The monoisotopic (exact) mass is 406 g/mol. The Labute approximate surface area is 166 Å². The minimum absolute atomic E-state index is 0.128. The molecule has 0 fully saturated rings. The number of hydrogen-bond acceptors (Lipinski definition) is 4. The van der Waals surface area contributed by atoms with E-state index in [4.69, 9.17) is 21.1 Å². The fourth-order valence-electron chi connectivity index (χ4n) is 2.42. The van der Waals surface area contributed by atoms with Gasteiger partial charge in [0.25, 0.3) is 0 Å². The summed E-state index contributed by atoms with van der Waals surface area (Å²) in [6.45, 7) is 2.20. The molecule has 0 saturated heterocycles. The van der Waals surface area contributed by atoms with Crippen LogP contribution in [-0.4, -0.2) is 19.6 Å². The molecule has 1 amide bonds. The molecule has 0 aliphatic carbocycles. The number of nitriles is 1. The van der Waals surface area contributed by atoms with Crippen LogP contribution in [0.25, 0.3) is 6.08 Å². The molecule has 0 spiro atoms. The number of rotatable bonds is 7. The van der Waals surface area contributed by atoms with Gasteiger partial charge in [-0.05, 0) is 36.8 Å². The van der Waals surface area contributed by atoms with Crippen LogP contribution in [0.4, 0.5) is 8.78 Å². The number of hydrogen-bond donors (Lipinski definition) is 1. The topological polar surface area (TPSA) is 71.3 Å². The molecule has 0 bridgehead atoms. The molecule has 1 unspecified atom stereocenters. The maximum absolute atomic E-state index is 13.8. The van der Waals surface area contributed by atoms with Crippen LogP contribution < -0.4 is 14.8 Å². The lowest BCUT2D eigenvalue weighted by molar-refractivity contribution is -0.116.